The van der Waals surface area contributed by atoms with Gasteiger partial charge < -0.3 is 15.4 Å². The number of carbonyl (C=O) groups is 2. The number of halogens is 3. The summed E-state index contributed by atoms with van der Waals surface area (Å²) < 4.78 is 42.8. The first-order valence-corrected chi connectivity index (χ1v) is 10.7. The standard InChI is InChI=1S/C23H24F3N3O3/c1-13-2-4-17-14(6-13)3-5-18(27-17)20(31)29-22-10-21(11-22,12-22)28-19(30)9-32-16-7-15(8-16)23(24,25)26/h2-6,15-16H,7-12H2,1H3,(H,28,30)(H,29,31). The fourth-order valence-corrected chi connectivity index (χ4v) is 5.22. The third kappa shape index (κ3) is 3.83. The van der Waals surface area contributed by atoms with Crippen LogP contribution < -0.4 is 10.6 Å². The van der Waals surface area contributed by atoms with Gasteiger partial charge in [0.2, 0.25) is 5.91 Å². The largest absolute Gasteiger partial charge is 0.392 e. The second kappa shape index (κ2) is 7.16. The molecule has 2 bridgehead atoms. The van der Waals surface area contributed by atoms with E-state index in [9.17, 15) is 22.8 Å². The highest BCUT2D eigenvalue weighted by Crippen LogP contribution is 2.60. The molecule has 0 saturated heterocycles. The van der Waals surface area contributed by atoms with Gasteiger partial charge in [0.25, 0.3) is 5.91 Å². The van der Waals surface area contributed by atoms with Gasteiger partial charge in [0.1, 0.15) is 12.3 Å². The van der Waals surface area contributed by atoms with Gasteiger partial charge in [0.05, 0.1) is 17.5 Å². The number of carbonyl (C=O) groups excluding carboxylic acids is 2. The number of amides is 2. The Labute approximate surface area is 182 Å². The van der Waals surface area contributed by atoms with E-state index in [4.69, 9.17) is 4.74 Å². The molecular formula is C23H24F3N3O3. The minimum absolute atomic E-state index is 0.0838. The number of hydrogen-bond donors (Lipinski definition) is 2. The summed E-state index contributed by atoms with van der Waals surface area (Å²) in [6, 6.07) is 9.45. The van der Waals surface area contributed by atoms with Gasteiger partial charge in [-0.15, -0.1) is 0 Å². The van der Waals surface area contributed by atoms with Crippen LogP contribution in [0.4, 0.5) is 13.2 Å². The summed E-state index contributed by atoms with van der Waals surface area (Å²) in [5.41, 5.74) is 1.56. The van der Waals surface area contributed by atoms with Crippen molar-refractivity contribution in [3.63, 3.8) is 0 Å². The first-order valence-electron chi connectivity index (χ1n) is 10.7. The Morgan fingerprint density at radius 1 is 1.09 bits per heavy atom. The third-order valence-electron chi connectivity index (χ3n) is 6.90. The molecule has 6 nitrogen and oxygen atoms in total. The van der Waals surface area contributed by atoms with Crippen molar-refractivity contribution in [1.82, 2.24) is 15.6 Å². The number of nitrogens with zero attached hydrogens (tertiary/aromatic N) is 1. The molecule has 4 fully saturated rings. The zero-order valence-corrected chi connectivity index (χ0v) is 17.6. The van der Waals surface area contributed by atoms with Crippen molar-refractivity contribution in [1.29, 1.82) is 0 Å². The molecule has 6 rings (SSSR count). The van der Waals surface area contributed by atoms with E-state index in [1.807, 2.05) is 31.2 Å². The van der Waals surface area contributed by atoms with Gasteiger partial charge in [-0.3, -0.25) is 9.59 Å². The van der Waals surface area contributed by atoms with E-state index < -0.39 is 18.2 Å². The summed E-state index contributed by atoms with van der Waals surface area (Å²) in [5, 5.41) is 6.94. The number of ether oxygens (including phenoxy) is 1. The minimum Gasteiger partial charge on any atom is -0.368 e. The number of nitrogens with one attached hydrogen (secondary N) is 2. The molecule has 2 aromatic rings. The highest BCUT2D eigenvalue weighted by atomic mass is 19.4. The van der Waals surface area contributed by atoms with Crippen molar-refractivity contribution in [2.24, 2.45) is 5.92 Å². The number of alkyl halides is 3. The normalized spacial score (nSPS) is 30.6. The molecule has 4 aliphatic carbocycles. The maximum Gasteiger partial charge on any atom is 0.392 e. The number of benzene rings is 1. The number of hydrogen-bond acceptors (Lipinski definition) is 4. The molecule has 9 heteroatoms. The van der Waals surface area contributed by atoms with E-state index in [1.54, 1.807) is 6.07 Å². The molecule has 0 atom stereocenters. The average Bonchev–Trinajstić information content (AvgIpc) is 2.62. The summed E-state index contributed by atoms with van der Waals surface area (Å²) in [6.07, 6.45) is -2.98. The third-order valence-corrected chi connectivity index (χ3v) is 6.90. The second-order valence-electron chi connectivity index (χ2n) is 9.63. The summed E-state index contributed by atoms with van der Waals surface area (Å²) in [7, 11) is 0. The Morgan fingerprint density at radius 3 is 2.47 bits per heavy atom. The van der Waals surface area contributed by atoms with Crippen LogP contribution in [0.3, 0.4) is 0 Å². The van der Waals surface area contributed by atoms with Gasteiger partial charge in [-0.1, -0.05) is 17.7 Å². The van der Waals surface area contributed by atoms with Crippen LogP contribution in [0.15, 0.2) is 30.3 Å². The van der Waals surface area contributed by atoms with Gasteiger partial charge in [-0.2, -0.15) is 13.2 Å². The molecule has 4 aliphatic rings. The molecule has 0 spiro atoms. The number of pyridine rings is 1. The Hall–Kier alpha value is -2.68. The van der Waals surface area contributed by atoms with E-state index in [2.05, 4.69) is 15.6 Å². The average molecular weight is 447 g/mol. The zero-order chi connectivity index (χ0) is 22.7. The molecule has 1 aromatic carbocycles. The van der Waals surface area contributed by atoms with Crippen LogP contribution in [0.1, 0.15) is 48.2 Å². The van der Waals surface area contributed by atoms with Crippen LogP contribution in [-0.2, 0) is 9.53 Å². The second-order valence-corrected chi connectivity index (χ2v) is 9.63. The van der Waals surface area contributed by atoms with Crippen molar-refractivity contribution in [2.75, 3.05) is 6.61 Å². The van der Waals surface area contributed by atoms with Gasteiger partial charge in [0.15, 0.2) is 0 Å². The molecule has 0 unspecified atom stereocenters. The van der Waals surface area contributed by atoms with E-state index in [0.717, 1.165) is 16.5 Å². The zero-order valence-electron chi connectivity index (χ0n) is 17.6. The summed E-state index contributed by atoms with van der Waals surface area (Å²) >= 11 is 0. The monoisotopic (exact) mass is 447 g/mol. The lowest BCUT2D eigenvalue weighted by Crippen LogP contribution is -2.84. The summed E-state index contributed by atoms with van der Waals surface area (Å²) in [5.74, 6) is -1.89. The van der Waals surface area contributed by atoms with E-state index in [-0.39, 0.29) is 42.3 Å². The van der Waals surface area contributed by atoms with Crippen LogP contribution in [-0.4, -0.2) is 46.8 Å². The van der Waals surface area contributed by atoms with E-state index in [0.29, 0.717) is 25.0 Å². The Balaban J connectivity index is 1.07. The van der Waals surface area contributed by atoms with Crippen molar-refractivity contribution < 1.29 is 27.5 Å². The predicted octanol–water partition coefficient (Wildman–Crippen LogP) is 3.42. The molecule has 4 saturated carbocycles. The maximum absolute atomic E-state index is 12.7. The minimum atomic E-state index is -4.19. The number of aryl methyl sites for hydroxylation is 1. The first-order chi connectivity index (χ1) is 15.0. The number of aromatic nitrogens is 1. The van der Waals surface area contributed by atoms with Crippen LogP contribution in [0.2, 0.25) is 0 Å². The van der Waals surface area contributed by atoms with Gasteiger partial charge >= 0.3 is 6.18 Å². The van der Waals surface area contributed by atoms with Crippen LogP contribution in [0, 0.1) is 12.8 Å². The Bertz CT molecular complexity index is 1080. The molecule has 170 valence electrons. The van der Waals surface area contributed by atoms with E-state index >= 15 is 0 Å². The van der Waals surface area contributed by atoms with Gasteiger partial charge in [0, 0.05) is 16.5 Å². The van der Waals surface area contributed by atoms with Gasteiger partial charge in [-0.25, -0.2) is 4.98 Å². The van der Waals surface area contributed by atoms with Crippen LogP contribution in [0.5, 0.6) is 0 Å². The molecular weight excluding hydrogens is 423 g/mol. The fraction of sp³-hybridized carbons (Fsp3) is 0.522. The van der Waals surface area contributed by atoms with Crippen molar-refractivity contribution in [2.45, 2.75) is 62.4 Å². The fourth-order valence-electron chi connectivity index (χ4n) is 5.22. The van der Waals surface area contributed by atoms with Gasteiger partial charge in [-0.05, 0) is 57.2 Å². The highest BCUT2D eigenvalue weighted by molar-refractivity contribution is 5.95. The maximum atomic E-state index is 12.7. The Kier molecular flexibility index (Phi) is 4.74. The smallest absolute Gasteiger partial charge is 0.368 e. The molecule has 2 N–H and O–H groups in total. The summed E-state index contributed by atoms with van der Waals surface area (Å²) in [6.45, 7) is 1.76. The summed E-state index contributed by atoms with van der Waals surface area (Å²) in [4.78, 5) is 29.3. The van der Waals surface area contributed by atoms with Crippen LogP contribution >= 0.6 is 0 Å². The van der Waals surface area contributed by atoms with Crippen molar-refractivity contribution in [3.05, 3.63) is 41.6 Å². The van der Waals surface area contributed by atoms with Crippen molar-refractivity contribution >= 4 is 22.7 Å². The number of rotatable bonds is 6. The SMILES string of the molecule is Cc1ccc2nc(C(=O)NC34CC(NC(=O)COC5CC(C(F)(F)F)C5)(C3)C4)ccc2c1. The lowest BCUT2D eigenvalue weighted by Gasteiger charge is -2.70. The topological polar surface area (TPSA) is 80.3 Å². The molecule has 1 aromatic heterocycles. The molecule has 32 heavy (non-hydrogen) atoms. The molecule has 0 aliphatic heterocycles. The van der Waals surface area contributed by atoms with Crippen LogP contribution in [0.25, 0.3) is 10.9 Å². The highest BCUT2D eigenvalue weighted by Gasteiger charge is 2.69. The lowest BCUT2D eigenvalue weighted by atomic mass is 9.44. The molecule has 2 amide bonds. The number of fused-ring (bicyclic) bond motifs is 1. The predicted molar refractivity (Wildman–Crippen MR) is 110 cm³/mol. The molecule has 1 heterocycles. The Morgan fingerprint density at radius 2 is 1.78 bits per heavy atom. The van der Waals surface area contributed by atoms with E-state index in [1.165, 1.54) is 0 Å². The first kappa shape index (κ1) is 21.2. The van der Waals surface area contributed by atoms with Crippen molar-refractivity contribution in [3.8, 4) is 0 Å². The lowest BCUT2D eigenvalue weighted by molar-refractivity contribution is -0.220. The quantitative estimate of drug-likeness (QED) is 0.711. The molecule has 0 radical (unpaired) electrons.